The lowest BCUT2D eigenvalue weighted by molar-refractivity contribution is -0.143. The van der Waals surface area contributed by atoms with Gasteiger partial charge in [-0.25, -0.2) is 0 Å². The molecule has 0 unspecified atom stereocenters. The van der Waals surface area contributed by atoms with Gasteiger partial charge in [0.2, 0.25) is 11.8 Å². The van der Waals surface area contributed by atoms with Gasteiger partial charge in [-0.2, -0.15) is 26.3 Å². The molecule has 0 bridgehead atoms. The molecule has 0 aliphatic carbocycles. The molecule has 2 aromatic carbocycles. The molecule has 10 heteroatoms. The molecule has 1 fully saturated rings. The van der Waals surface area contributed by atoms with Crippen molar-refractivity contribution in [2.24, 2.45) is 17.3 Å². The first-order chi connectivity index (χ1) is 16.0. The van der Waals surface area contributed by atoms with E-state index < -0.39 is 52.3 Å². The van der Waals surface area contributed by atoms with Crippen LogP contribution in [-0.2, 0) is 21.9 Å². The van der Waals surface area contributed by atoms with Gasteiger partial charge in [-0.15, -0.1) is 0 Å². The number of nitrogens with zero attached hydrogens (tertiary/aromatic N) is 1. The Balaban J connectivity index is 2.06. The summed E-state index contributed by atoms with van der Waals surface area (Å²) in [7, 11) is 0. The van der Waals surface area contributed by atoms with Crippen molar-refractivity contribution in [3.05, 3.63) is 58.7 Å². The van der Waals surface area contributed by atoms with Crippen LogP contribution < -0.4 is 10.2 Å². The van der Waals surface area contributed by atoms with Crippen molar-refractivity contribution in [2.75, 3.05) is 16.8 Å². The zero-order valence-corrected chi connectivity index (χ0v) is 19.9. The number of carbonyl (C=O) groups is 2. The molecular formula is C25H26F6N2O2. The third kappa shape index (κ3) is 4.75. The minimum atomic E-state index is -5.05. The van der Waals surface area contributed by atoms with Crippen LogP contribution >= 0.6 is 0 Å². The van der Waals surface area contributed by atoms with Crippen molar-refractivity contribution in [1.82, 2.24) is 0 Å². The molecule has 0 spiro atoms. The molecule has 4 nitrogen and oxygen atoms in total. The Morgan fingerprint density at radius 2 is 1.49 bits per heavy atom. The number of para-hydroxylation sites is 1. The van der Waals surface area contributed by atoms with Crippen LogP contribution in [0.3, 0.4) is 0 Å². The third-order valence-electron chi connectivity index (χ3n) is 6.84. The van der Waals surface area contributed by atoms with Crippen LogP contribution in [0.5, 0.6) is 0 Å². The second-order valence-electron chi connectivity index (χ2n) is 9.33. The number of halogens is 6. The van der Waals surface area contributed by atoms with Crippen molar-refractivity contribution >= 4 is 23.2 Å². The molecule has 1 aliphatic heterocycles. The van der Waals surface area contributed by atoms with E-state index in [4.69, 9.17) is 0 Å². The van der Waals surface area contributed by atoms with Crippen LogP contribution in [-0.4, -0.2) is 18.4 Å². The zero-order chi connectivity index (χ0) is 26.5. The van der Waals surface area contributed by atoms with Crippen LogP contribution in [0.2, 0.25) is 0 Å². The molecule has 190 valence electrons. The van der Waals surface area contributed by atoms with Gasteiger partial charge in [0.1, 0.15) is 0 Å². The maximum absolute atomic E-state index is 13.6. The van der Waals surface area contributed by atoms with Gasteiger partial charge in [0.25, 0.3) is 0 Å². The van der Waals surface area contributed by atoms with E-state index in [1.807, 2.05) is 32.0 Å². The van der Waals surface area contributed by atoms with Crippen molar-refractivity contribution < 1.29 is 35.9 Å². The van der Waals surface area contributed by atoms with Gasteiger partial charge < -0.3 is 10.2 Å². The monoisotopic (exact) mass is 500 g/mol. The topological polar surface area (TPSA) is 49.4 Å². The van der Waals surface area contributed by atoms with Crippen molar-refractivity contribution in [2.45, 2.75) is 47.0 Å². The summed E-state index contributed by atoms with van der Waals surface area (Å²) in [6, 6.07) is 6.39. The second kappa shape index (κ2) is 8.87. The number of aryl methyl sites for hydroxylation is 2. The Bertz CT molecular complexity index is 1100. The van der Waals surface area contributed by atoms with E-state index in [0.717, 1.165) is 11.1 Å². The zero-order valence-electron chi connectivity index (χ0n) is 19.9. The average Bonchev–Trinajstić information content (AvgIpc) is 2.99. The molecule has 1 aliphatic rings. The summed E-state index contributed by atoms with van der Waals surface area (Å²) in [5.74, 6) is -2.47. The van der Waals surface area contributed by atoms with Gasteiger partial charge in [-0.3, -0.25) is 9.59 Å². The number of rotatable bonds is 4. The number of hydrogen-bond donors (Lipinski definition) is 1. The summed E-state index contributed by atoms with van der Waals surface area (Å²) in [6.07, 6.45) is -10.1. The highest BCUT2D eigenvalue weighted by atomic mass is 19.4. The Morgan fingerprint density at radius 1 is 1.00 bits per heavy atom. The first kappa shape index (κ1) is 26.6. The fourth-order valence-electron chi connectivity index (χ4n) is 4.84. The van der Waals surface area contributed by atoms with Gasteiger partial charge >= 0.3 is 12.4 Å². The van der Waals surface area contributed by atoms with Crippen LogP contribution in [0, 0.1) is 31.1 Å². The van der Waals surface area contributed by atoms with E-state index in [1.165, 1.54) is 4.90 Å². The molecule has 2 amide bonds. The number of amides is 2. The van der Waals surface area contributed by atoms with Gasteiger partial charge in [0.15, 0.2) is 0 Å². The minimum absolute atomic E-state index is 0.00170. The predicted molar refractivity (Wildman–Crippen MR) is 120 cm³/mol. The SMILES string of the molecule is Cc1cccc(C)c1N1C[C@@](C(=O)Nc2cc(C(F)(F)F)cc(C(F)(F)F)c2)(C(C)C)[C@H](C)C1=O. The lowest BCUT2D eigenvalue weighted by Gasteiger charge is -2.35. The highest BCUT2D eigenvalue weighted by Gasteiger charge is 2.57. The molecular weight excluding hydrogens is 474 g/mol. The maximum atomic E-state index is 13.6. The Morgan fingerprint density at radius 3 is 1.91 bits per heavy atom. The van der Waals surface area contributed by atoms with E-state index in [9.17, 15) is 35.9 Å². The van der Waals surface area contributed by atoms with Crippen LogP contribution in [0.1, 0.15) is 43.0 Å². The normalized spacial score (nSPS) is 21.1. The van der Waals surface area contributed by atoms with Crippen LogP contribution in [0.25, 0.3) is 0 Å². The molecule has 2 atom stereocenters. The minimum Gasteiger partial charge on any atom is -0.325 e. The van der Waals surface area contributed by atoms with Gasteiger partial charge in [0.05, 0.1) is 22.5 Å². The first-order valence-electron chi connectivity index (χ1n) is 11.0. The Hall–Kier alpha value is -3.04. The van der Waals surface area contributed by atoms with E-state index in [-0.39, 0.29) is 18.5 Å². The number of carbonyl (C=O) groups excluding carboxylic acids is 2. The highest BCUT2D eigenvalue weighted by molar-refractivity contribution is 6.08. The number of nitrogens with one attached hydrogen (secondary N) is 1. The fourth-order valence-corrected chi connectivity index (χ4v) is 4.84. The molecule has 2 aromatic rings. The number of anilines is 2. The van der Waals surface area contributed by atoms with E-state index in [0.29, 0.717) is 17.8 Å². The Labute approximate surface area is 199 Å². The molecule has 0 saturated carbocycles. The molecule has 3 rings (SSSR count). The average molecular weight is 500 g/mol. The van der Waals surface area contributed by atoms with E-state index >= 15 is 0 Å². The maximum Gasteiger partial charge on any atom is 0.416 e. The molecule has 1 N–H and O–H groups in total. The first-order valence-corrected chi connectivity index (χ1v) is 11.0. The number of benzene rings is 2. The lowest BCUT2D eigenvalue weighted by Crippen LogP contribution is -2.46. The number of alkyl halides is 6. The van der Waals surface area contributed by atoms with Crippen LogP contribution in [0.15, 0.2) is 36.4 Å². The summed E-state index contributed by atoms with van der Waals surface area (Å²) in [6.45, 7) is 8.53. The van der Waals surface area contributed by atoms with E-state index in [1.54, 1.807) is 20.8 Å². The number of hydrogen-bond acceptors (Lipinski definition) is 2. The summed E-state index contributed by atoms with van der Waals surface area (Å²) in [5, 5.41) is 2.27. The van der Waals surface area contributed by atoms with Crippen molar-refractivity contribution in [3.63, 3.8) is 0 Å². The fraction of sp³-hybridized carbons (Fsp3) is 0.440. The quantitative estimate of drug-likeness (QED) is 0.481. The third-order valence-corrected chi connectivity index (χ3v) is 6.84. The summed E-state index contributed by atoms with van der Waals surface area (Å²) >= 11 is 0. The van der Waals surface area contributed by atoms with Gasteiger partial charge in [-0.1, -0.05) is 39.0 Å². The largest absolute Gasteiger partial charge is 0.416 e. The summed E-state index contributed by atoms with van der Waals surface area (Å²) in [5.41, 5.74) is -2.85. The van der Waals surface area contributed by atoms with Gasteiger partial charge in [-0.05, 0) is 49.1 Å². The second-order valence-corrected chi connectivity index (χ2v) is 9.33. The lowest BCUT2D eigenvalue weighted by atomic mass is 9.69. The summed E-state index contributed by atoms with van der Waals surface area (Å²) < 4.78 is 79.6. The molecule has 1 heterocycles. The van der Waals surface area contributed by atoms with Crippen molar-refractivity contribution in [1.29, 1.82) is 0 Å². The summed E-state index contributed by atoms with van der Waals surface area (Å²) in [4.78, 5) is 28.3. The Kier molecular flexibility index (Phi) is 6.73. The highest BCUT2D eigenvalue weighted by Crippen LogP contribution is 2.47. The molecule has 0 radical (unpaired) electrons. The molecule has 1 saturated heterocycles. The van der Waals surface area contributed by atoms with Gasteiger partial charge in [0, 0.05) is 17.9 Å². The smallest absolute Gasteiger partial charge is 0.325 e. The van der Waals surface area contributed by atoms with E-state index in [2.05, 4.69) is 5.32 Å². The standard InChI is InChI=1S/C25H26F6N2O2/c1-13(2)23(12-33(21(34)16(23)5)20-14(3)7-6-8-15(20)4)22(35)32-19-10-17(24(26,27)28)9-18(11-19)25(29,30)31/h6-11,13,16H,12H2,1-5H3,(H,32,35)/t16-,23-/m1/s1. The predicted octanol–water partition coefficient (Wildman–Crippen LogP) is 6.60. The molecule has 35 heavy (non-hydrogen) atoms. The molecule has 0 aromatic heterocycles. The van der Waals surface area contributed by atoms with Crippen LogP contribution in [0.4, 0.5) is 37.7 Å². The van der Waals surface area contributed by atoms with Crippen molar-refractivity contribution in [3.8, 4) is 0 Å².